The Hall–Kier alpha value is -2.63. The van der Waals surface area contributed by atoms with Gasteiger partial charge >= 0.3 is 5.97 Å². The van der Waals surface area contributed by atoms with E-state index in [0.29, 0.717) is 0 Å². The van der Waals surface area contributed by atoms with Crippen LogP contribution in [0.25, 0.3) is 21.9 Å². The summed E-state index contributed by atoms with van der Waals surface area (Å²) in [5, 5.41) is 18.0. The van der Waals surface area contributed by atoms with Gasteiger partial charge in [-0.05, 0) is 13.0 Å². The maximum atomic E-state index is 10.8. The molecular formula is C14H14N4O2. The summed E-state index contributed by atoms with van der Waals surface area (Å²) in [6.07, 6.45) is 0. The average molecular weight is 270 g/mol. The summed E-state index contributed by atoms with van der Waals surface area (Å²) in [4.78, 5) is 15.4. The molecule has 0 saturated carbocycles. The number of nitrogens with zero attached hydrogens (tertiary/aromatic N) is 3. The third kappa shape index (κ3) is 1.85. The van der Waals surface area contributed by atoms with E-state index in [-0.39, 0.29) is 6.54 Å². The van der Waals surface area contributed by atoms with E-state index in [4.69, 9.17) is 5.11 Å². The number of nitrogens with one attached hydrogen (secondary N) is 1. The highest BCUT2D eigenvalue weighted by atomic mass is 16.4. The van der Waals surface area contributed by atoms with Crippen LogP contribution in [-0.4, -0.2) is 32.4 Å². The van der Waals surface area contributed by atoms with Crippen molar-refractivity contribution in [1.82, 2.24) is 14.8 Å². The molecule has 6 nitrogen and oxygen atoms in total. The predicted octanol–water partition coefficient (Wildman–Crippen LogP) is 1.93. The molecule has 0 aliphatic heterocycles. The Labute approximate surface area is 115 Å². The molecule has 0 saturated heterocycles. The lowest BCUT2D eigenvalue weighted by molar-refractivity contribution is -0.134. The van der Waals surface area contributed by atoms with Crippen LogP contribution in [0.4, 0.5) is 5.69 Å². The first-order chi connectivity index (χ1) is 9.58. The lowest BCUT2D eigenvalue weighted by Crippen LogP contribution is -2.13. The van der Waals surface area contributed by atoms with Crippen molar-refractivity contribution in [1.29, 1.82) is 0 Å². The molecule has 0 aliphatic carbocycles. The fourth-order valence-electron chi connectivity index (χ4n) is 2.45. The first-order valence-electron chi connectivity index (χ1n) is 6.25. The molecule has 0 radical (unpaired) electrons. The summed E-state index contributed by atoms with van der Waals surface area (Å²) in [5.41, 5.74) is 3.16. The van der Waals surface area contributed by atoms with E-state index in [1.807, 2.05) is 38.2 Å². The third-order valence-corrected chi connectivity index (χ3v) is 3.26. The van der Waals surface area contributed by atoms with Gasteiger partial charge in [-0.25, -0.2) is 4.98 Å². The number of hydrogen-bond donors (Lipinski definition) is 2. The minimum Gasteiger partial charge on any atom is -0.480 e. The number of aryl methyl sites for hydroxylation is 2. The van der Waals surface area contributed by atoms with Gasteiger partial charge in [0.25, 0.3) is 0 Å². The maximum absolute atomic E-state index is 10.8. The molecule has 0 unspecified atom stereocenters. The molecule has 2 heterocycles. The third-order valence-electron chi connectivity index (χ3n) is 3.26. The number of rotatable bonds is 3. The topological polar surface area (TPSA) is 80.0 Å². The van der Waals surface area contributed by atoms with Gasteiger partial charge in [-0.2, -0.15) is 5.10 Å². The van der Waals surface area contributed by atoms with Gasteiger partial charge in [-0.3, -0.25) is 9.48 Å². The van der Waals surface area contributed by atoms with Crippen molar-refractivity contribution in [2.45, 2.75) is 6.92 Å². The lowest BCUT2D eigenvalue weighted by Gasteiger charge is -2.10. The number of fused-ring (bicyclic) bond motifs is 2. The molecule has 3 aromatic rings. The standard InChI is InChI=1S/C14H14N4O2/c1-8-12-13(15-7-11(19)20)9-5-3-4-6-10(9)16-14(12)18(2)17-8/h3-6H,7H2,1-2H3,(H,15,16)(H,19,20). The van der Waals surface area contributed by atoms with E-state index in [2.05, 4.69) is 15.4 Å². The molecule has 2 N–H and O–H groups in total. The number of benzene rings is 1. The van der Waals surface area contributed by atoms with Crippen LogP contribution in [0.2, 0.25) is 0 Å². The number of pyridine rings is 1. The van der Waals surface area contributed by atoms with Crippen molar-refractivity contribution >= 4 is 33.6 Å². The molecule has 3 rings (SSSR count). The normalized spacial score (nSPS) is 11.1. The zero-order valence-corrected chi connectivity index (χ0v) is 11.2. The van der Waals surface area contributed by atoms with E-state index in [1.165, 1.54) is 0 Å². The Morgan fingerprint density at radius 2 is 2.15 bits per heavy atom. The quantitative estimate of drug-likeness (QED) is 0.760. The van der Waals surface area contributed by atoms with E-state index < -0.39 is 5.97 Å². The van der Waals surface area contributed by atoms with Gasteiger partial charge in [0, 0.05) is 12.4 Å². The van der Waals surface area contributed by atoms with Crippen molar-refractivity contribution in [2.24, 2.45) is 7.05 Å². The second-order valence-electron chi connectivity index (χ2n) is 4.66. The second kappa shape index (κ2) is 4.48. The number of carboxylic acid groups (broad SMARTS) is 1. The van der Waals surface area contributed by atoms with E-state index in [0.717, 1.165) is 33.3 Å². The molecule has 20 heavy (non-hydrogen) atoms. The Bertz CT molecular complexity index is 823. The monoisotopic (exact) mass is 270 g/mol. The van der Waals surface area contributed by atoms with Crippen LogP contribution in [0.5, 0.6) is 0 Å². The summed E-state index contributed by atoms with van der Waals surface area (Å²) < 4.78 is 1.71. The van der Waals surface area contributed by atoms with Gasteiger partial charge in [0.05, 0.1) is 22.3 Å². The molecule has 2 aromatic heterocycles. The van der Waals surface area contributed by atoms with Crippen LogP contribution in [0.1, 0.15) is 5.69 Å². The van der Waals surface area contributed by atoms with E-state index >= 15 is 0 Å². The van der Waals surface area contributed by atoms with Crippen molar-refractivity contribution in [3.63, 3.8) is 0 Å². The number of para-hydroxylation sites is 1. The van der Waals surface area contributed by atoms with Crippen LogP contribution in [0.3, 0.4) is 0 Å². The first-order valence-corrected chi connectivity index (χ1v) is 6.25. The highest BCUT2D eigenvalue weighted by Crippen LogP contribution is 2.32. The molecule has 0 bridgehead atoms. The summed E-state index contributed by atoms with van der Waals surface area (Å²) in [7, 11) is 1.83. The number of carboxylic acids is 1. The SMILES string of the molecule is Cc1nn(C)c2nc3ccccc3c(NCC(=O)O)c12. The minimum absolute atomic E-state index is 0.141. The molecule has 0 aliphatic rings. The average Bonchev–Trinajstić information content (AvgIpc) is 2.70. The van der Waals surface area contributed by atoms with Crippen molar-refractivity contribution in [2.75, 3.05) is 11.9 Å². The Morgan fingerprint density at radius 1 is 1.40 bits per heavy atom. The van der Waals surface area contributed by atoms with Gasteiger partial charge < -0.3 is 10.4 Å². The van der Waals surface area contributed by atoms with Gasteiger partial charge in [-0.1, -0.05) is 18.2 Å². The zero-order valence-electron chi connectivity index (χ0n) is 11.2. The van der Waals surface area contributed by atoms with E-state index in [1.54, 1.807) is 4.68 Å². The van der Waals surface area contributed by atoms with Gasteiger partial charge in [-0.15, -0.1) is 0 Å². The lowest BCUT2D eigenvalue weighted by atomic mass is 10.1. The fraction of sp³-hybridized carbons (Fsp3) is 0.214. The maximum Gasteiger partial charge on any atom is 0.322 e. The number of carbonyl (C=O) groups is 1. The number of aromatic nitrogens is 3. The second-order valence-corrected chi connectivity index (χ2v) is 4.66. The van der Waals surface area contributed by atoms with Crippen molar-refractivity contribution < 1.29 is 9.90 Å². The molecule has 0 fully saturated rings. The molecule has 0 amide bonds. The molecule has 6 heteroatoms. The van der Waals surface area contributed by atoms with Crippen LogP contribution in [0.15, 0.2) is 24.3 Å². The Kier molecular flexibility index (Phi) is 2.78. The van der Waals surface area contributed by atoms with Gasteiger partial charge in [0.1, 0.15) is 6.54 Å². The van der Waals surface area contributed by atoms with Crippen LogP contribution >= 0.6 is 0 Å². The van der Waals surface area contributed by atoms with Crippen LogP contribution in [0, 0.1) is 6.92 Å². The van der Waals surface area contributed by atoms with Crippen molar-refractivity contribution in [3.8, 4) is 0 Å². The highest BCUT2D eigenvalue weighted by Gasteiger charge is 2.15. The van der Waals surface area contributed by atoms with Crippen LogP contribution < -0.4 is 5.32 Å². The zero-order chi connectivity index (χ0) is 14.3. The molecule has 102 valence electrons. The number of anilines is 1. The molecule has 1 aromatic carbocycles. The Balaban J connectivity index is 2.36. The van der Waals surface area contributed by atoms with Crippen LogP contribution in [-0.2, 0) is 11.8 Å². The summed E-state index contributed by atoms with van der Waals surface area (Å²) in [6.45, 7) is 1.75. The summed E-state index contributed by atoms with van der Waals surface area (Å²) >= 11 is 0. The van der Waals surface area contributed by atoms with Gasteiger partial charge in [0.15, 0.2) is 5.65 Å². The van der Waals surface area contributed by atoms with E-state index in [9.17, 15) is 4.79 Å². The molecular weight excluding hydrogens is 256 g/mol. The molecule has 0 spiro atoms. The number of hydrogen-bond acceptors (Lipinski definition) is 4. The highest BCUT2D eigenvalue weighted by molar-refractivity contribution is 6.08. The smallest absolute Gasteiger partial charge is 0.322 e. The van der Waals surface area contributed by atoms with Crippen molar-refractivity contribution in [3.05, 3.63) is 30.0 Å². The van der Waals surface area contributed by atoms with Gasteiger partial charge in [0.2, 0.25) is 0 Å². The predicted molar refractivity (Wildman–Crippen MR) is 76.9 cm³/mol. The summed E-state index contributed by atoms with van der Waals surface area (Å²) in [6, 6.07) is 7.65. The molecule has 0 atom stereocenters. The Morgan fingerprint density at radius 3 is 2.90 bits per heavy atom. The largest absolute Gasteiger partial charge is 0.480 e. The summed E-state index contributed by atoms with van der Waals surface area (Å²) in [5.74, 6) is -0.902. The minimum atomic E-state index is -0.902. The first kappa shape index (κ1) is 12.4. The fourth-order valence-corrected chi connectivity index (χ4v) is 2.45. The number of aliphatic carboxylic acids is 1.